The van der Waals surface area contributed by atoms with Crippen LogP contribution in [0.3, 0.4) is 0 Å². The highest BCUT2D eigenvalue weighted by molar-refractivity contribution is 7.44. The van der Waals surface area contributed by atoms with Gasteiger partial charge in [0.05, 0.1) is 50.3 Å². The van der Waals surface area contributed by atoms with Crippen LogP contribution in [0.4, 0.5) is 5.69 Å². The summed E-state index contributed by atoms with van der Waals surface area (Å²) in [5, 5.41) is 21.4. The summed E-state index contributed by atoms with van der Waals surface area (Å²) in [7, 11) is 1.13. The van der Waals surface area contributed by atoms with Gasteiger partial charge >= 0.3 is 5.69 Å². The predicted molar refractivity (Wildman–Crippen MR) is 238 cm³/mol. The summed E-state index contributed by atoms with van der Waals surface area (Å²) in [6, 6.07) is 32.8. The van der Waals surface area contributed by atoms with E-state index in [1.54, 1.807) is 33.3 Å². The van der Waals surface area contributed by atoms with Crippen molar-refractivity contribution in [2.45, 2.75) is 88.9 Å². The highest BCUT2D eigenvalue weighted by Crippen LogP contribution is 2.62. The zero-order valence-electron chi connectivity index (χ0n) is 36.7. The molecule has 2 aliphatic rings. The molecule has 1 unspecified atom stereocenters. The number of ether oxygens (including phenoxy) is 5. The molecule has 2 aliphatic heterocycles. The van der Waals surface area contributed by atoms with Gasteiger partial charge in [-0.3, -0.25) is 24.5 Å². The summed E-state index contributed by atoms with van der Waals surface area (Å²) < 4.78 is 50.5. The Hall–Kier alpha value is -5.76. The Balaban J connectivity index is 1.61. The molecule has 2 saturated heterocycles. The van der Waals surface area contributed by atoms with Crippen molar-refractivity contribution in [1.82, 2.24) is 14.2 Å². The molecule has 7 rings (SSSR count). The van der Waals surface area contributed by atoms with Crippen LogP contribution in [0.15, 0.2) is 119 Å². The largest absolute Gasteiger partial charge is 0.497 e. The fraction of sp³-hybridized carbons (Fsp3) is 0.383. The average Bonchev–Trinajstić information content (AvgIpc) is 3.49. The molecule has 64 heavy (non-hydrogen) atoms. The van der Waals surface area contributed by atoms with E-state index in [0.717, 1.165) is 16.7 Å². The summed E-state index contributed by atoms with van der Waals surface area (Å²) in [4.78, 5) is 40.8. The second-order valence-corrected chi connectivity index (χ2v) is 17.5. The fourth-order valence-corrected chi connectivity index (χ4v) is 10.7. The summed E-state index contributed by atoms with van der Waals surface area (Å²) in [6.45, 7) is 9.48. The van der Waals surface area contributed by atoms with Gasteiger partial charge in [0.1, 0.15) is 29.3 Å². The molecule has 0 aliphatic carbocycles. The fourth-order valence-electron chi connectivity index (χ4n) is 8.87. The molecule has 6 atom stereocenters. The second kappa shape index (κ2) is 19.5. The summed E-state index contributed by atoms with van der Waals surface area (Å²) in [5.41, 5.74) is -1.69. The first-order valence-electron chi connectivity index (χ1n) is 20.9. The molecule has 2 fully saturated rings. The van der Waals surface area contributed by atoms with E-state index in [1.165, 1.54) is 22.9 Å². The molecule has 1 aromatic heterocycles. The van der Waals surface area contributed by atoms with Crippen LogP contribution in [0.2, 0.25) is 0 Å². The number of rotatable bonds is 17. The monoisotopic (exact) mass is 893 g/mol. The number of fused-ring (bicyclic) bond motifs is 2. The number of aromatic amines is 1. The Morgan fingerprint density at radius 3 is 2.03 bits per heavy atom. The molecule has 4 aromatic carbocycles. The van der Waals surface area contributed by atoms with E-state index in [4.69, 9.17) is 32.7 Å². The molecule has 0 amide bonds. The van der Waals surface area contributed by atoms with E-state index >= 15 is 0 Å². The Morgan fingerprint density at radius 1 is 0.922 bits per heavy atom. The lowest BCUT2D eigenvalue weighted by Gasteiger charge is -2.52. The van der Waals surface area contributed by atoms with Gasteiger partial charge in [0.25, 0.3) is 19.8 Å². The first kappa shape index (κ1) is 46.2. The van der Waals surface area contributed by atoms with Crippen molar-refractivity contribution < 1.29 is 37.7 Å². The standard InChI is InChI=1S/C47H52N5O11P/c1-30(2)51(31(3)4)64(60-27-11-26-48)63-41-40-43(50-28-32(5)42(53)49-45(50)54)62-46(41,29-59-44(61-40)33-14-20-37(21-15-33)52(55)56)47(34-12-9-8-10-13-34,35-16-22-38(57-6)23-17-35)36-18-24-39(58-7)25-19-36/h8-10,12-25,28,30-31,40-41,43-44H,11,27,29H2,1-7H3,(H,49,53,54)/t40-,41+,43-,44-,46+,64?/m1/s1. The van der Waals surface area contributed by atoms with Gasteiger partial charge in [0.15, 0.2) is 12.5 Å². The molecule has 2 bridgehead atoms. The molecule has 1 N–H and O–H groups in total. The van der Waals surface area contributed by atoms with E-state index in [9.17, 15) is 25.0 Å². The maximum Gasteiger partial charge on any atom is 0.330 e. The van der Waals surface area contributed by atoms with Crippen LogP contribution in [-0.2, 0) is 28.7 Å². The van der Waals surface area contributed by atoms with Crippen LogP contribution < -0.4 is 20.7 Å². The van der Waals surface area contributed by atoms with Gasteiger partial charge in [-0.1, -0.05) is 54.6 Å². The van der Waals surface area contributed by atoms with Crippen molar-refractivity contribution in [2.75, 3.05) is 27.4 Å². The molecular weight excluding hydrogens is 842 g/mol. The first-order chi connectivity index (χ1) is 30.8. The number of non-ortho nitro benzene ring substituents is 1. The SMILES string of the molecule is COc1ccc(C(c2ccccc2)(c2ccc(OC)cc2)[C@@]23CO[C@@H](c4ccc([N+](=O)[O-])cc4)O[C@@H]([C@H](n4cc(C)c(=O)[nH]c4=O)O2)[C@@H]3OP(OCCC#N)N(C(C)C)C(C)C)cc1. The smallest absolute Gasteiger partial charge is 0.330 e. The van der Waals surface area contributed by atoms with Crippen LogP contribution >= 0.6 is 8.53 Å². The number of nitrogens with zero attached hydrogens (tertiary/aromatic N) is 4. The van der Waals surface area contributed by atoms with Crippen molar-refractivity contribution >= 4 is 14.2 Å². The Labute approximate surface area is 372 Å². The number of H-pyrrole nitrogens is 1. The van der Waals surface area contributed by atoms with Crippen molar-refractivity contribution in [3.05, 3.63) is 168 Å². The third-order valence-electron chi connectivity index (χ3n) is 11.6. The summed E-state index contributed by atoms with van der Waals surface area (Å²) in [6.07, 6.45) is -3.34. The zero-order valence-corrected chi connectivity index (χ0v) is 37.6. The number of methoxy groups -OCH3 is 2. The van der Waals surface area contributed by atoms with Gasteiger partial charge in [0, 0.05) is 41.5 Å². The van der Waals surface area contributed by atoms with E-state index in [-0.39, 0.29) is 43.0 Å². The van der Waals surface area contributed by atoms with Gasteiger partial charge in [0.2, 0.25) is 0 Å². The molecule has 16 nitrogen and oxygen atoms in total. The molecule has 0 radical (unpaired) electrons. The second-order valence-electron chi connectivity index (χ2n) is 16.1. The van der Waals surface area contributed by atoms with E-state index in [0.29, 0.717) is 17.1 Å². The molecular formula is C47H52N5O11P. The third kappa shape index (κ3) is 8.60. The molecule has 0 spiro atoms. The normalized spacial score (nSPS) is 21.4. The number of hydrogen-bond acceptors (Lipinski definition) is 13. The number of benzene rings is 4. The number of aryl methyl sites for hydroxylation is 1. The van der Waals surface area contributed by atoms with E-state index in [2.05, 4.69) is 15.7 Å². The van der Waals surface area contributed by atoms with Crippen molar-refractivity contribution in [3.63, 3.8) is 0 Å². The van der Waals surface area contributed by atoms with E-state index in [1.807, 2.05) is 107 Å². The minimum Gasteiger partial charge on any atom is -0.497 e. The lowest BCUT2D eigenvalue weighted by atomic mass is 9.57. The van der Waals surface area contributed by atoms with Crippen molar-refractivity contribution in [3.8, 4) is 17.6 Å². The highest BCUT2D eigenvalue weighted by atomic mass is 31.2. The Kier molecular flexibility index (Phi) is 14.1. The number of aromatic nitrogens is 2. The minimum absolute atomic E-state index is 0.0506. The van der Waals surface area contributed by atoms with Crippen LogP contribution in [0.5, 0.6) is 11.5 Å². The van der Waals surface area contributed by atoms with E-state index < -0.39 is 60.4 Å². The highest BCUT2D eigenvalue weighted by Gasteiger charge is 2.71. The van der Waals surface area contributed by atoms with Gasteiger partial charge < -0.3 is 32.7 Å². The minimum atomic E-state index is -2.04. The summed E-state index contributed by atoms with van der Waals surface area (Å²) >= 11 is 0. The number of nitrogens with one attached hydrogen (secondary N) is 1. The molecule has 5 aromatic rings. The summed E-state index contributed by atoms with van der Waals surface area (Å²) in [5.74, 6) is 1.20. The maximum atomic E-state index is 14.2. The number of nitriles is 1. The number of nitro groups is 1. The van der Waals surface area contributed by atoms with Gasteiger partial charge in [-0.25, -0.2) is 9.46 Å². The quantitative estimate of drug-likeness (QED) is 0.0313. The van der Waals surface area contributed by atoms with Crippen molar-refractivity contribution in [2.24, 2.45) is 0 Å². The zero-order chi connectivity index (χ0) is 45.8. The lowest BCUT2D eigenvalue weighted by Crippen LogP contribution is -2.63. The molecule has 3 heterocycles. The maximum absolute atomic E-state index is 14.2. The van der Waals surface area contributed by atoms with Crippen LogP contribution in [0, 0.1) is 28.4 Å². The van der Waals surface area contributed by atoms with Gasteiger partial charge in [-0.15, -0.1) is 0 Å². The van der Waals surface area contributed by atoms with Gasteiger partial charge in [-0.05, 0) is 87.7 Å². The third-order valence-corrected chi connectivity index (χ3v) is 13.8. The van der Waals surface area contributed by atoms with Gasteiger partial charge in [-0.2, -0.15) is 5.26 Å². The number of nitro benzene ring substituents is 1. The number of hydrogen-bond donors (Lipinski definition) is 1. The topological polar surface area (TPSA) is 190 Å². The lowest BCUT2D eigenvalue weighted by molar-refractivity contribution is -0.384. The molecule has 0 saturated carbocycles. The molecule has 17 heteroatoms. The average molecular weight is 894 g/mol. The van der Waals surface area contributed by atoms with Crippen LogP contribution in [0.25, 0.3) is 0 Å². The van der Waals surface area contributed by atoms with Crippen LogP contribution in [0.1, 0.15) is 74.5 Å². The Bertz CT molecular complexity index is 2490. The van der Waals surface area contributed by atoms with Crippen molar-refractivity contribution in [1.29, 1.82) is 5.26 Å². The molecule has 336 valence electrons. The predicted octanol–water partition coefficient (Wildman–Crippen LogP) is 7.85. The van der Waals surface area contributed by atoms with Crippen LogP contribution in [-0.4, -0.2) is 76.5 Å². The first-order valence-corrected chi connectivity index (χ1v) is 22.0. The Morgan fingerprint density at radius 2 is 1.50 bits per heavy atom.